The summed E-state index contributed by atoms with van der Waals surface area (Å²) in [6.07, 6.45) is 5.94. The van der Waals surface area contributed by atoms with Gasteiger partial charge in [0, 0.05) is 29.0 Å². The van der Waals surface area contributed by atoms with E-state index in [1.807, 2.05) is 18.2 Å². The van der Waals surface area contributed by atoms with Gasteiger partial charge >= 0.3 is 5.97 Å². The number of aromatic nitrogens is 1. The standard InChI is InChI=1S/C16H16N2O3S/c1-21-15(19)11-10-13-7-6-12-17-16(13)18-22(2,20)14-8-4-3-5-9-14/h3-12H,1-2H3/b11-10+. The summed E-state index contributed by atoms with van der Waals surface area (Å²) in [5.74, 6) is -0.158. The second kappa shape index (κ2) is 7.00. The van der Waals surface area contributed by atoms with E-state index in [-0.39, 0.29) is 0 Å². The van der Waals surface area contributed by atoms with Crippen LogP contribution < -0.4 is 0 Å². The zero-order chi connectivity index (χ0) is 16.0. The van der Waals surface area contributed by atoms with Crippen LogP contribution in [-0.4, -0.2) is 28.5 Å². The first kappa shape index (κ1) is 15.9. The molecule has 2 rings (SSSR count). The number of benzene rings is 1. The first-order chi connectivity index (χ1) is 10.5. The molecule has 0 N–H and O–H groups in total. The Morgan fingerprint density at radius 1 is 1.23 bits per heavy atom. The predicted octanol–water partition coefficient (Wildman–Crippen LogP) is 3.06. The second-order valence-electron chi connectivity index (χ2n) is 4.48. The molecule has 1 atom stereocenters. The molecule has 0 aliphatic heterocycles. The molecule has 0 saturated carbocycles. The summed E-state index contributed by atoms with van der Waals surface area (Å²) in [6, 6.07) is 12.5. The van der Waals surface area contributed by atoms with Gasteiger partial charge in [-0.3, -0.25) is 0 Å². The molecule has 2 aromatic rings. The summed E-state index contributed by atoms with van der Waals surface area (Å²) in [5.41, 5.74) is 0.596. The Kier molecular flexibility index (Phi) is 5.06. The van der Waals surface area contributed by atoms with Gasteiger partial charge in [0.1, 0.15) is 0 Å². The van der Waals surface area contributed by atoms with E-state index in [1.54, 1.807) is 36.7 Å². The first-order valence-electron chi connectivity index (χ1n) is 6.51. The lowest BCUT2D eigenvalue weighted by Gasteiger charge is -2.05. The number of hydrogen-bond acceptors (Lipinski definition) is 5. The number of pyridine rings is 1. The number of carbonyl (C=O) groups excluding carboxylic acids is 1. The lowest BCUT2D eigenvalue weighted by Crippen LogP contribution is -1.97. The molecule has 1 heterocycles. The topological polar surface area (TPSA) is 68.6 Å². The van der Waals surface area contributed by atoms with Crippen LogP contribution >= 0.6 is 0 Å². The minimum Gasteiger partial charge on any atom is -0.466 e. The molecule has 6 heteroatoms. The van der Waals surface area contributed by atoms with Crippen molar-refractivity contribution in [1.29, 1.82) is 0 Å². The fourth-order valence-electron chi connectivity index (χ4n) is 1.73. The van der Waals surface area contributed by atoms with Crippen LogP contribution in [0, 0.1) is 0 Å². The fourth-order valence-corrected chi connectivity index (χ4v) is 2.98. The highest BCUT2D eigenvalue weighted by molar-refractivity contribution is 7.93. The molecular weight excluding hydrogens is 300 g/mol. The third-order valence-corrected chi connectivity index (χ3v) is 4.53. The first-order valence-corrected chi connectivity index (χ1v) is 8.43. The zero-order valence-electron chi connectivity index (χ0n) is 12.3. The Morgan fingerprint density at radius 2 is 1.95 bits per heavy atom. The zero-order valence-corrected chi connectivity index (χ0v) is 13.1. The maximum Gasteiger partial charge on any atom is 0.330 e. The maximum absolute atomic E-state index is 12.8. The van der Waals surface area contributed by atoms with Crippen molar-refractivity contribution in [2.45, 2.75) is 4.90 Å². The molecule has 114 valence electrons. The molecule has 0 spiro atoms. The molecular formula is C16H16N2O3S. The summed E-state index contributed by atoms with van der Waals surface area (Å²) >= 11 is 0. The van der Waals surface area contributed by atoms with Crippen molar-refractivity contribution < 1.29 is 13.7 Å². The van der Waals surface area contributed by atoms with E-state index in [1.165, 1.54) is 19.3 Å². The number of rotatable bonds is 4. The van der Waals surface area contributed by atoms with Crippen LogP contribution in [0.25, 0.3) is 6.08 Å². The fraction of sp³-hybridized carbons (Fsp3) is 0.125. The monoisotopic (exact) mass is 316 g/mol. The third-order valence-electron chi connectivity index (χ3n) is 2.86. The number of ether oxygens (including phenoxy) is 1. The summed E-state index contributed by atoms with van der Waals surface area (Å²) in [4.78, 5) is 16.0. The molecule has 0 aliphatic carbocycles. The van der Waals surface area contributed by atoms with Gasteiger partial charge < -0.3 is 4.74 Å². The SMILES string of the molecule is COC(=O)/C=C/c1cccnc1N=S(C)(=O)c1ccccc1. The molecule has 0 fully saturated rings. The van der Waals surface area contributed by atoms with Gasteiger partial charge in [0.25, 0.3) is 0 Å². The molecule has 1 unspecified atom stereocenters. The molecule has 1 aromatic heterocycles. The van der Waals surface area contributed by atoms with Gasteiger partial charge in [-0.1, -0.05) is 18.2 Å². The number of methoxy groups -OCH3 is 1. The number of nitrogens with zero attached hydrogens (tertiary/aromatic N) is 2. The Balaban J connectivity index is 2.46. The number of carbonyl (C=O) groups is 1. The third kappa shape index (κ3) is 4.02. The molecule has 0 aliphatic rings. The summed E-state index contributed by atoms with van der Waals surface area (Å²) in [6.45, 7) is 0. The van der Waals surface area contributed by atoms with Crippen LogP contribution in [0.1, 0.15) is 5.56 Å². The van der Waals surface area contributed by atoms with Gasteiger partial charge in [0.15, 0.2) is 5.82 Å². The van der Waals surface area contributed by atoms with Crippen molar-refractivity contribution >= 4 is 27.6 Å². The molecule has 1 aromatic carbocycles. The molecule has 0 radical (unpaired) electrons. The Bertz CT molecular complexity index is 807. The average molecular weight is 316 g/mol. The molecule has 0 amide bonds. The second-order valence-corrected chi connectivity index (χ2v) is 6.74. The van der Waals surface area contributed by atoms with Crippen molar-refractivity contribution in [1.82, 2.24) is 4.98 Å². The number of esters is 1. The quantitative estimate of drug-likeness (QED) is 0.642. The molecule has 0 bridgehead atoms. The van der Waals surface area contributed by atoms with E-state index in [4.69, 9.17) is 0 Å². The molecule has 22 heavy (non-hydrogen) atoms. The smallest absolute Gasteiger partial charge is 0.330 e. The van der Waals surface area contributed by atoms with E-state index >= 15 is 0 Å². The van der Waals surface area contributed by atoms with E-state index < -0.39 is 15.7 Å². The van der Waals surface area contributed by atoms with Gasteiger partial charge in [-0.05, 0) is 30.3 Å². The van der Waals surface area contributed by atoms with Crippen molar-refractivity contribution in [2.75, 3.05) is 13.4 Å². The highest BCUT2D eigenvalue weighted by Gasteiger charge is 2.08. The Hall–Kier alpha value is -2.47. The van der Waals surface area contributed by atoms with Gasteiger partial charge in [-0.25, -0.2) is 14.0 Å². The largest absolute Gasteiger partial charge is 0.466 e. The van der Waals surface area contributed by atoms with Gasteiger partial charge in [0.2, 0.25) is 0 Å². The van der Waals surface area contributed by atoms with Crippen molar-refractivity contribution in [3.05, 3.63) is 60.3 Å². The van der Waals surface area contributed by atoms with Gasteiger partial charge in [-0.15, -0.1) is 0 Å². The molecule has 0 saturated heterocycles. The molecule has 5 nitrogen and oxygen atoms in total. The van der Waals surface area contributed by atoms with E-state index in [2.05, 4.69) is 14.1 Å². The highest BCUT2D eigenvalue weighted by atomic mass is 32.2. The Labute approximate surface area is 129 Å². The van der Waals surface area contributed by atoms with E-state index in [0.717, 1.165) is 0 Å². The van der Waals surface area contributed by atoms with E-state index in [9.17, 15) is 9.00 Å². The Morgan fingerprint density at radius 3 is 2.64 bits per heavy atom. The normalized spacial score (nSPS) is 13.5. The van der Waals surface area contributed by atoms with Crippen LogP contribution in [0.2, 0.25) is 0 Å². The maximum atomic E-state index is 12.8. The van der Waals surface area contributed by atoms with Crippen LogP contribution in [0.5, 0.6) is 0 Å². The van der Waals surface area contributed by atoms with Crippen molar-refractivity contribution in [3.8, 4) is 0 Å². The summed E-state index contributed by atoms with van der Waals surface area (Å²) in [5, 5.41) is 0. The minimum atomic E-state index is -2.62. The number of hydrogen-bond donors (Lipinski definition) is 0. The lowest BCUT2D eigenvalue weighted by atomic mass is 10.2. The van der Waals surface area contributed by atoms with Crippen molar-refractivity contribution in [2.24, 2.45) is 4.36 Å². The van der Waals surface area contributed by atoms with Gasteiger partial charge in [0.05, 0.1) is 16.8 Å². The summed E-state index contributed by atoms with van der Waals surface area (Å²) < 4.78 is 21.6. The average Bonchev–Trinajstić information content (AvgIpc) is 2.54. The minimum absolute atomic E-state index is 0.319. The lowest BCUT2D eigenvalue weighted by molar-refractivity contribution is -0.134. The summed E-state index contributed by atoms with van der Waals surface area (Å²) in [7, 11) is -1.32. The highest BCUT2D eigenvalue weighted by Crippen LogP contribution is 2.22. The van der Waals surface area contributed by atoms with Crippen LogP contribution in [0.15, 0.2) is 64.0 Å². The van der Waals surface area contributed by atoms with Crippen LogP contribution in [-0.2, 0) is 19.3 Å². The predicted molar refractivity (Wildman–Crippen MR) is 86.1 cm³/mol. The van der Waals surface area contributed by atoms with E-state index in [0.29, 0.717) is 16.3 Å². The van der Waals surface area contributed by atoms with Gasteiger partial charge in [-0.2, -0.15) is 4.36 Å². The van der Waals surface area contributed by atoms with Crippen LogP contribution in [0.3, 0.4) is 0 Å². The van der Waals surface area contributed by atoms with Crippen LogP contribution in [0.4, 0.5) is 5.82 Å². The van der Waals surface area contributed by atoms with Crippen molar-refractivity contribution in [3.63, 3.8) is 0 Å².